The highest BCUT2D eigenvalue weighted by atomic mass is 14.9. The van der Waals surface area contributed by atoms with Crippen LogP contribution in [0.2, 0.25) is 0 Å². The maximum atomic E-state index is 3.48. The lowest BCUT2D eigenvalue weighted by Crippen LogP contribution is -2.15. The molecular formula is C25H45N. The van der Waals surface area contributed by atoms with Crippen LogP contribution in [0.4, 0.5) is 0 Å². The fraction of sp³-hybridized carbons (Fsp3) is 0.760. The average molecular weight is 360 g/mol. The average Bonchev–Trinajstić information content (AvgIpc) is 2.94. The van der Waals surface area contributed by atoms with E-state index in [1.165, 1.54) is 108 Å². The van der Waals surface area contributed by atoms with Gasteiger partial charge in [-0.25, -0.2) is 0 Å². The topological polar surface area (TPSA) is 12.0 Å². The summed E-state index contributed by atoms with van der Waals surface area (Å²) >= 11 is 0. The number of hydrogen-bond acceptors (Lipinski definition) is 1. The molecule has 1 aliphatic heterocycles. The zero-order valence-corrected chi connectivity index (χ0v) is 17.8. The third-order valence-electron chi connectivity index (χ3n) is 5.58. The van der Waals surface area contributed by atoms with Gasteiger partial charge >= 0.3 is 0 Å². The van der Waals surface area contributed by atoms with Crippen LogP contribution in [0, 0.1) is 5.92 Å². The predicted octanol–water partition coefficient (Wildman–Crippen LogP) is 8.44. The molecule has 0 bridgehead atoms. The van der Waals surface area contributed by atoms with Crippen molar-refractivity contribution < 1.29 is 0 Å². The van der Waals surface area contributed by atoms with Crippen molar-refractivity contribution in [3.63, 3.8) is 0 Å². The van der Waals surface area contributed by atoms with E-state index in [-0.39, 0.29) is 0 Å². The van der Waals surface area contributed by atoms with Crippen LogP contribution in [-0.2, 0) is 0 Å². The van der Waals surface area contributed by atoms with Gasteiger partial charge in [-0.2, -0.15) is 0 Å². The van der Waals surface area contributed by atoms with Gasteiger partial charge in [0.1, 0.15) is 0 Å². The highest BCUT2D eigenvalue weighted by Crippen LogP contribution is 2.23. The Morgan fingerprint density at radius 2 is 1.19 bits per heavy atom. The largest absolute Gasteiger partial charge is 0.365 e. The molecule has 1 heterocycles. The summed E-state index contributed by atoms with van der Waals surface area (Å²) in [6.45, 7) is 4.60. The summed E-state index contributed by atoms with van der Waals surface area (Å²) < 4.78 is 0. The Bertz CT molecular complexity index is 391. The van der Waals surface area contributed by atoms with Gasteiger partial charge in [0.2, 0.25) is 0 Å². The van der Waals surface area contributed by atoms with Gasteiger partial charge in [-0.3, -0.25) is 0 Å². The molecule has 150 valence electrons. The van der Waals surface area contributed by atoms with Crippen molar-refractivity contribution >= 4 is 0 Å². The molecule has 0 aromatic heterocycles. The summed E-state index contributed by atoms with van der Waals surface area (Å²) in [6.07, 6.45) is 33.3. The number of rotatable bonds is 17. The van der Waals surface area contributed by atoms with Crippen LogP contribution in [-0.4, -0.2) is 0 Å². The van der Waals surface area contributed by atoms with Crippen LogP contribution >= 0.6 is 0 Å². The molecule has 0 aromatic rings. The Morgan fingerprint density at radius 1 is 0.615 bits per heavy atom. The monoisotopic (exact) mass is 359 g/mol. The molecule has 1 N–H and O–H groups in total. The molecule has 0 radical (unpaired) electrons. The molecule has 1 nitrogen and oxygen atoms in total. The molecule has 0 spiro atoms. The molecule has 1 rings (SSSR count). The van der Waals surface area contributed by atoms with Gasteiger partial charge < -0.3 is 5.32 Å². The smallest absolute Gasteiger partial charge is 0.0178 e. The summed E-state index contributed by atoms with van der Waals surface area (Å²) in [7, 11) is 0. The van der Waals surface area contributed by atoms with E-state index in [0.29, 0.717) is 5.92 Å². The van der Waals surface area contributed by atoms with Crippen LogP contribution < -0.4 is 5.32 Å². The fourth-order valence-electron chi connectivity index (χ4n) is 3.94. The molecule has 1 aliphatic rings. The number of nitrogens with one attached hydrogen (secondary N) is 1. The maximum Gasteiger partial charge on any atom is 0.0178 e. The first-order chi connectivity index (χ1) is 12.9. The Labute approximate surface area is 164 Å². The molecule has 1 atom stereocenters. The van der Waals surface area contributed by atoms with E-state index in [1.54, 1.807) is 0 Å². The lowest BCUT2D eigenvalue weighted by Gasteiger charge is -2.19. The quantitative estimate of drug-likeness (QED) is 0.257. The highest BCUT2D eigenvalue weighted by molar-refractivity contribution is 5.22. The van der Waals surface area contributed by atoms with Gasteiger partial charge in [0.05, 0.1) is 0 Å². The van der Waals surface area contributed by atoms with Crippen molar-refractivity contribution in [3.8, 4) is 0 Å². The molecule has 0 saturated heterocycles. The molecule has 0 aliphatic carbocycles. The van der Waals surface area contributed by atoms with Crippen LogP contribution in [0.5, 0.6) is 0 Å². The van der Waals surface area contributed by atoms with E-state index in [0.717, 1.165) is 0 Å². The predicted molar refractivity (Wildman–Crippen MR) is 118 cm³/mol. The third kappa shape index (κ3) is 12.4. The lowest BCUT2D eigenvalue weighted by atomic mass is 9.92. The van der Waals surface area contributed by atoms with Crippen LogP contribution in [0.25, 0.3) is 0 Å². The van der Waals surface area contributed by atoms with Crippen LogP contribution in [0.1, 0.15) is 117 Å². The number of hydrogen-bond donors (Lipinski definition) is 1. The third-order valence-corrected chi connectivity index (χ3v) is 5.58. The molecule has 1 heteroatoms. The molecule has 0 saturated carbocycles. The molecule has 26 heavy (non-hydrogen) atoms. The summed E-state index contributed by atoms with van der Waals surface area (Å²) in [5.41, 5.74) is 1.41. The summed E-state index contributed by atoms with van der Waals surface area (Å²) in [5.74, 6) is 0.708. The summed E-state index contributed by atoms with van der Waals surface area (Å²) in [5, 5.41) is 3.48. The number of allylic oxidation sites excluding steroid dienone is 5. The number of unbranched alkanes of at least 4 members (excludes halogenated alkanes) is 12. The first kappa shape index (κ1) is 23.1. The van der Waals surface area contributed by atoms with Crippen LogP contribution in [0.15, 0.2) is 36.2 Å². The normalized spacial score (nSPS) is 14.8. The minimum atomic E-state index is 0.708. The maximum absolute atomic E-state index is 3.48. The van der Waals surface area contributed by atoms with Gasteiger partial charge in [-0.15, -0.1) is 0 Å². The molecule has 0 amide bonds. The van der Waals surface area contributed by atoms with Crippen molar-refractivity contribution in [2.24, 2.45) is 5.92 Å². The van der Waals surface area contributed by atoms with Crippen LogP contribution in [0.3, 0.4) is 0 Å². The van der Waals surface area contributed by atoms with E-state index >= 15 is 0 Å². The van der Waals surface area contributed by atoms with E-state index in [9.17, 15) is 0 Å². The first-order valence-electron chi connectivity index (χ1n) is 11.7. The summed E-state index contributed by atoms with van der Waals surface area (Å²) in [6, 6.07) is 0. The van der Waals surface area contributed by atoms with E-state index in [2.05, 4.69) is 49.7 Å². The minimum Gasteiger partial charge on any atom is -0.365 e. The van der Waals surface area contributed by atoms with Crippen molar-refractivity contribution in [2.75, 3.05) is 0 Å². The Balaban J connectivity index is 1.97. The zero-order chi connectivity index (χ0) is 18.7. The lowest BCUT2D eigenvalue weighted by molar-refractivity contribution is 0.456. The second-order valence-corrected chi connectivity index (χ2v) is 8.03. The van der Waals surface area contributed by atoms with Gasteiger partial charge in [0.15, 0.2) is 0 Å². The molecule has 0 fully saturated rings. The minimum absolute atomic E-state index is 0.708. The van der Waals surface area contributed by atoms with Crippen molar-refractivity contribution in [3.05, 3.63) is 36.2 Å². The van der Waals surface area contributed by atoms with Gasteiger partial charge in [-0.1, -0.05) is 116 Å². The Kier molecular flexibility index (Phi) is 15.5. The van der Waals surface area contributed by atoms with Gasteiger partial charge in [-0.05, 0) is 30.9 Å². The van der Waals surface area contributed by atoms with Gasteiger partial charge in [0, 0.05) is 11.9 Å². The van der Waals surface area contributed by atoms with Crippen molar-refractivity contribution in [1.82, 2.24) is 5.32 Å². The second-order valence-electron chi connectivity index (χ2n) is 8.03. The highest BCUT2D eigenvalue weighted by Gasteiger charge is 2.12. The SMILES string of the molecule is CCCCCCCCCCCCCCCC(CCC)C1=CC=CC=CN1. The molecule has 1 unspecified atom stereocenters. The molecular weight excluding hydrogens is 314 g/mol. The van der Waals surface area contributed by atoms with Crippen molar-refractivity contribution in [1.29, 1.82) is 0 Å². The standard InChI is InChI=1S/C25H45N/c1-3-5-6-7-8-9-10-11-12-13-14-15-17-21-24(20-4-2)25-22-18-16-19-23-26-25/h16,18-19,22-24,26H,3-15,17,20-21H2,1-2H3. The van der Waals surface area contributed by atoms with E-state index in [1.807, 2.05) is 0 Å². The van der Waals surface area contributed by atoms with Crippen molar-refractivity contribution in [2.45, 2.75) is 117 Å². The van der Waals surface area contributed by atoms with Gasteiger partial charge in [0.25, 0.3) is 0 Å². The fourth-order valence-corrected chi connectivity index (χ4v) is 3.94. The Hall–Kier alpha value is -0.980. The molecule has 0 aromatic carbocycles. The van der Waals surface area contributed by atoms with E-state index in [4.69, 9.17) is 0 Å². The van der Waals surface area contributed by atoms with E-state index < -0.39 is 0 Å². The zero-order valence-electron chi connectivity index (χ0n) is 17.8. The Morgan fingerprint density at radius 3 is 1.77 bits per heavy atom. The second kappa shape index (κ2) is 17.4. The summed E-state index contributed by atoms with van der Waals surface area (Å²) in [4.78, 5) is 0. The first-order valence-corrected chi connectivity index (χ1v) is 11.7.